The number of amides is 2. The van der Waals surface area contributed by atoms with E-state index in [0.29, 0.717) is 0 Å². The largest absolute Gasteiger partial charge is 0.479 e. The molecule has 2 atom stereocenters. The van der Waals surface area contributed by atoms with Crippen LogP contribution in [0.3, 0.4) is 0 Å². The molecule has 0 saturated carbocycles. The molecule has 0 bridgehead atoms. The van der Waals surface area contributed by atoms with Crippen LogP contribution in [0.1, 0.15) is 41.0 Å². The number of thiocarbonyl (C=S) groups is 1. The Bertz CT molecular complexity index is 780. The molecule has 0 radical (unpaired) electrons. The third-order valence-electron chi connectivity index (χ3n) is 3.94. The minimum absolute atomic E-state index is 0.0298. The van der Waals surface area contributed by atoms with E-state index in [-0.39, 0.29) is 28.7 Å². The van der Waals surface area contributed by atoms with Crippen LogP contribution in [0.5, 0.6) is 0 Å². The summed E-state index contributed by atoms with van der Waals surface area (Å²) in [5, 5.41) is -0.998. The van der Waals surface area contributed by atoms with Gasteiger partial charge in [0.25, 0.3) is 11.8 Å². The normalized spacial score (nSPS) is 15.7. The summed E-state index contributed by atoms with van der Waals surface area (Å²) in [5.74, 6) is -2.30. The van der Waals surface area contributed by atoms with Crippen molar-refractivity contribution < 1.29 is 37.0 Å². The van der Waals surface area contributed by atoms with Gasteiger partial charge in [-0.25, -0.2) is 0 Å². The Hall–Kier alpha value is -2.14. The molecule has 29 heavy (non-hydrogen) atoms. The highest BCUT2D eigenvalue weighted by atomic mass is 32.2. The SMILES string of the molecule is CCOC(=S)SC(CC(OC(C)=O)C(F)(F)F)CN1C(=O)c2ccccc2C1=O. The maximum atomic E-state index is 13.3. The van der Waals surface area contributed by atoms with E-state index in [4.69, 9.17) is 17.0 Å². The number of carbonyl (C=O) groups excluding carboxylic acids is 3. The van der Waals surface area contributed by atoms with E-state index in [0.717, 1.165) is 23.6 Å². The van der Waals surface area contributed by atoms with Crippen LogP contribution in [0.4, 0.5) is 13.2 Å². The van der Waals surface area contributed by atoms with E-state index in [2.05, 4.69) is 4.74 Å². The summed E-state index contributed by atoms with van der Waals surface area (Å²) in [6.07, 6.45) is -7.93. The lowest BCUT2D eigenvalue weighted by Gasteiger charge is -2.27. The molecule has 1 aliphatic heterocycles. The molecule has 2 unspecified atom stereocenters. The summed E-state index contributed by atoms with van der Waals surface area (Å²) < 4.78 is 49.4. The lowest BCUT2D eigenvalue weighted by molar-refractivity contribution is -0.221. The van der Waals surface area contributed by atoms with Crippen LogP contribution in [0.15, 0.2) is 24.3 Å². The highest BCUT2D eigenvalue weighted by Crippen LogP contribution is 2.32. The predicted octanol–water partition coefficient (Wildman–Crippen LogP) is 3.59. The molecular weight excluding hydrogens is 431 g/mol. The van der Waals surface area contributed by atoms with Crippen LogP contribution in [0.25, 0.3) is 0 Å². The Morgan fingerprint density at radius 2 is 1.76 bits per heavy atom. The van der Waals surface area contributed by atoms with Crippen LogP contribution in [0, 0.1) is 0 Å². The Balaban J connectivity index is 2.24. The monoisotopic (exact) mass is 449 g/mol. The smallest absolute Gasteiger partial charge is 0.425 e. The topological polar surface area (TPSA) is 72.9 Å². The second-order valence-electron chi connectivity index (χ2n) is 6.06. The molecule has 0 aliphatic carbocycles. The number of rotatable bonds is 7. The third-order valence-corrected chi connectivity index (χ3v) is 5.33. The molecule has 1 aliphatic rings. The number of hydrogen-bond donors (Lipinski definition) is 0. The van der Waals surface area contributed by atoms with E-state index in [1.54, 1.807) is 19.1 Å². The van der Waals surface area contributed by atoms with E-state index < -0.39 is 41.7 Å². The lowest BCUT2D eigenvalue weighted by atomic mass is 10.1. The van der Waals surface area contributed by atoms with Gasteiger partial charge < -0.3 is 9.47 Å². The van der Waals surface area contributed by atoms with Gasteiger partial charge in [-0.15, -0.1) is 0 Å². The van der Waals surface area contributed by atoms with Gasteiger partial charge in [-0.2, -0.15) is 13.2 Å². The van der Waals surface area contributed by atoms with E-state index >= 15 is 0 Å². The first-order chi connectivity index (χ1) is 13.5. The number of alkyl halides is 3. The summed E-state index contributed by atoms with van der Waals surface area (Å²) in [6.45, 7) is 2.38. The third kappa shape index (κ3) is 5.92. The molecule has 0 saturated heterocycles. The first-order valence-corrected chi connectivity index (χ1v) is 9.86. The number of fused-ring (bicyclic) bond motifs is 1. The van der Waals surface area contributed by atoms with Gasteiger partial charge in [-0.1, -0.05) is 23.9 Å². The van der Waals surface area contributed by atoms with Gasteiger partial charge in [0.05, 0.1) is 17.7 Å². The minimum Gasteiger partial charge on any atom is -0.479 e. The van der Waals surface area contributed by atoms with Crippen LogP contribution < -0.4 is 0 Å². The number of ether oxygens (including phenoxy) is 2. The van der Waals surface area contributed by atoms with E-state index in [1.807, 2.05) is 0 Å². The first-order valence-electron chi connectivity index (χ1n) is 8.57. The van der Waals surface area contributed by atoms with Crippen LogP contribution in [-0.4, -0.2) is 57.7 Å². The van der Waals surface area contributed by atoms with Gasteiger partial charge >= 0.3 is 12.1 Å². The maximum Gasteiger partial charge on any atom is 0.425 e. The molecule has 1 aromatic rings. The van der Waals surface area contributed by atoms with Gasteiger partial charge in [0.2, 0.25) is 4.38 Å². The summed E-state index contributed by atoms with van der Waals surface area (Å²) in [7, 11) is 0. The molecule has 2 amide bonds. The van der Waals surface area contributed by atoms with Gasteiger partial charge in [0.15, 0.2) is 6.10 Å². The zero-order chi connectivity index (χ0) is 21.8. The highest BCUT2D eigenvalue weighted by Gasteiger charge is 2.45. The standard InChI is InChI=1S/C18H18F3NO5S2/c1-3-26-17(28)29-11(8-14(18(19,20)21)27-10(2)23)9-22-15(24)12-6-4-5-7-13(12)16(22)25/h4-7,11,14H,3,8-9H2,1-2H3. The summed E-state index contributed by atoms with van der Waals surface area (Å²) in [4.78, 5) is 37.1. The fraction of sp³-hybridized carbons (Fsp3) is 0.444. The van der Waals surface area contributed by atoms with Crippen LogP contribution >= 0.6 is 24.0 Å². The molecule has 11 heteroatoms. The number of benzene rings is 1. The average Bonchev–Trinajstić information content (AvgIpc) is 2.85. The fourth-order valence-corrected chi connectivity index (χ4v) is 4.22. The number of esters is 1. The molecule has 1 aromatic carbocycles. The Labute approximate surface area is 174 Å². The number of thioether (sulfide) groups is 1. The van der Waals surface area contributed by atoms with Crippen molar-refractivity contribution in [3.63, 3.8) is 0 Å². The Kier molecular flexibility index (Phi) is 7.64. The van der Waals surface area contributed by atoms with Crippen molar-refractivity contribution in [1.82, 2.24) is 4.90 Å². The molecule has 0 aromatic heterocycles. The Morgan fingerprint density at radius 1 is 1.21 bits per heavy atom. The molecule has 0 spiro atoms. The highest BCUT2D eigenvalue weighted by molar-refractivity contribution is 8.23. The van der Waals surface area contributed by atoms with Gasteiger partial charge in [0, 0.05) is 25.1 Å². The maximum absolute atomic E-state index is 13.3. The number of imide groups is 1. The van der Waals surface area contributed by atoms with Crippen LogP contribution in [-0.2, 0) is 14.3 Å². The quantitative estimate of drug-likeness (QED) is 0.358. The summed E-state index contributed by atoms with van der Waals surface area (Å²) >= 11 is 5.78. The van der Waals surface area contributed by atoms with Crippen molar-refractivity contribution in [2.75, 3.05) is 13.2 Å². The molecule has 0 fully saturated rings. The average molecular weight is 449 g/mol. The zero-order valence-corrected chi connectivity index (χ0v) is 17.2. The predicted molar refractivity (Wildman–Crippen MR) is 104 cm³/mol. The fourth-order valence-electron chi connectivity index (χ4n) is 2.74. The van der Waals surface area contributed by atoms with Gasteiger partial charge in [-0.3, -0.25) is 19.3 Å². The second kappa shape index (κ2) is 9.57. The molecule has 2 rings (SSSR count). The van der Waals surface area contributed by atoms with Crippen molar-refractivity contribution in [3.8, 4) is 0 Å². The zero-order valence-electron chi connectivity index (χ0n) is 15.5. The van der Waals surface area contributed by atoms with E-state index in [1.165, 1.54) is 12.1 Å². The lowest BCUT2D eigenvalue weighted by Crippen LogP contribution is -2.41. The summed E-state index contributed by atoms with van der Waals surface area (Å²) in [6, 6.07) is 6.12. The summed E-state index contributed by atoms with van der Waals surface area (Å²) in [5.41, 5.74) is 0.363. The number of carbonyl (C=O) groups is 3. The van der Waals surface area contributed by atoms with Crippen molar-refractivity contribution >= 4 is 46.1 Å². The first kappa shape index (κ1) is 23.1. The van der Waals surface area contributed by atoms with Gasteiger partial charge in [0.1, 0.15) is 0 Å². The molecule has 6 nitrogen and oxygen atoms in total. The second-order valence-corrected chi connectivity index (χ2v) is 7.97. The van der Waals surface area contributed by atoms with Crippen molar-refractivity contribution in [3.05, 3.63) is 35.4 Å². The minimum atomic E-state index is -4.82. The molecular formula is C18H18F3NO5S2. The van der Waals surface area contributed by atoms with E-state index in [9.17, 15) is 27.6 Å². The van der Waals surface area contributed by atoms with Crippen LogP contribution in [0.2, 0.25) is 0 Å². The molecule has 0 N–H and O–H groups in total. The number of nitrogens with zero attached hydrogens (tertiary/aromatic N) is 1. The number of halogens is 3. The van der Waals surface area contributed by atoms with Crippen molar-refractivity contribution in [2.24, 2.45) is 0 Å². The van der Waals surface area contributed by atoms with Crippen molar-refractivity contribution in [1.29, 1.82) is 0 Å². The Morgan fingerprint density at radius 3 is 2.21 bits per heavy atom. The van der Waals surface area contributed by atoms with Gasteiger partial charge in [-0.05, 0) is 31.3 Å². The molecule has 1 heterocycles. The molecule has 158 valence electrons. The number of hydrogen-bond acceptors (Lipinski definition) is 7. The van der Waals surface area contributed by atoms with Crippen molar-refractivity contribution in [2.45, 2.75) is 37.8 Å².